The SMILES string of the molecule is CC(c1ccc(-c2ccc(Cl)cc2)cc1)N1CCN(CC=Cc2ccccc2)CC1.Cl.Cl. The maximum Gasteiger partial charge on any atom is 0.0406 e. The van der Waals surface area contributed by atoms with Gasteiger partial charge in [0.05, 0.1) is 0 Å². The number of rotatable bonds is 6. The van der Waals surface area contributed by atoms with E-state index in [9.17, 15) is 0 Å². The van der Waals surface area contributed by atoms with Crippen molar-refractivity contribution in [3.63, 3.8) is 0 Å². The van der Waals surface area contributed by atoms with E-state index in [1.807, 2.05) is 12.1 Å². The third-order valence-electron chi connectivity index (χ3n) is 6.00. The summed E-state index contributed by atoms with van der Waals surface area (Å²) >= 11 is 6.01. The minimum absolute atomic E-state index is 0. The van der Waals surface area contributed by atoms with Crippen LogP contribution in [-0.4, -0.2) is 42.5 Å². The summed E-state index contributed by atoms with van der Waals surface area (Å²) in [4.78, 5) is 5.13. The molecule has 170 valence electrons. The van der Waals surface area contributed by atoms with E-state index in [0.717, 1.165) is 37.7 Å². The lowest BCUT2D eigenvalue weighted by atomic mass is 10.0. The molecule has 0 saturated carbocycles. The van der Waals surface area contributed by atoms with Crippen molar-refractivity contribution in [3.05, 3.63) is 101 Å². The monoisotopic (exact) mass is 488 g/mol. The molecule has 3 aromatic rings. The van der Waals surface area contributed by atoms with Gasteiger partial charge in [0, 0.05) is 43.8 Å². The van der Waals surface area contributed by atoms with Crippen molar-refractivity contribution in [2.75, 3.05) is 32.7 Å². The highest BCUT2D eigenvalue weighted by atomic mass is 35.5. The molecule has 1 heterocycles. The summed E-state index contributed by atoms with van der Waals surface area (Å²) in [6.45, 7) is 7.80. The first kappa shape index (κ1) is 26.4. The zero-order chi connectivity index (χ0) is 20.8. The van der Waals surface area contributed by atoms with E-state index >= 15 is 0 Å². The predicted molar refractivity (Wildman–Crippen MR) is 143 cm³/mol. The first-order valence-corrected chi connectivity index (χ1v) is 11.1. The Bertz CT molecular complexity index is 948. The van der Waals surface area contributed by atoms with Crippen LogP contribution in [0.3, 0.4) is 0 Å². The van der Waals surface area contributed by atoms with Gasteiger partial charge in [-0.3, -0.25) is 9.80 Å². The highest BCUT2D eigenvalue weighted by Crippen LogP contribution is 2.26. The average Bonchev–Trinajstić information content (AvgIpc) is 2.80. The van der Waals surface area contributed by atoms with Gasteiger partial charge in [0.15, 0.2) is 0 Å². The van der Waals surface area contributed by atoms with Crippen molar-refractivity contribution in [1.82, 2.24) is 9.80 Å². The molecule has 1 unspecified atom stereocenters. The van der Waals surface area contributed by atoms with Gasteiger partial charge in [0.2, 0.25) is 0 Å². The summed E-state index contributed by atoms with van der Waals surface area (Å²) in [7, 11) is 0. The minimum atomic E-state index is 0. The molecule has 32 heavy (non-hydrogen) atoms. The van der Waals surface area contributed by atoms with Crippen LogP contribution in [0.2, 0.25) is 5.02 Å². The van der Waals surface area contributed by atoms with Crippen LogP contribution < -0.4 is 0 Å². The van der Waals surface area contributed by atoms with Gasteiger partial charge >= 0.3 is 0 Å². The number of halogens is 3. The zero-order valence-corrected chi connectivity index (χ0v) is 20.8. The third-order valence-corrected chi connectivity index (χ3v) is 6.25. The number of nitrogens with zero attached hydrogens (tertiary/aromatic N) is 2. The summed E-state index contributed by atoms with van der Waals surface area (Å²) in [6.07, 6.45) is 4.50. The van der Waals surface area contributed by atoms with E-state index in [1.54, 1.807) is 0 Å². The van der Waals surface area contributed by atoms with Crippen molar-refractivity contribution in [2.45, 2.75) is 13.0 Å². The fourth-order valence-electron chi connectivity index (χ4n) is 4.04. The molecule has 1 aliphatic rings. The van der Waals surface area contributed by atoms with Gasteiger partial charge in [-0.2, -0.15) is 0 Å². The second-order valence-electron chi connectivity index (χ2n) is 7.95. The lowest BCUT2D eigenvalue weighted by Gasteiger charge is -2.38. The summed E-state index contributed by atoms with van der Waals surface area (Å²) in [5.41, 5.74) is 5.09. The first-order chi connectivity index (χ1) is 14.7. The fourth-order valence-corrected chi connectivity index (χ4v) is 4.17. The van der Waals surface area contributed by atoms with E-state index in [2.05, 4.69) is 95.6 Å². The highest BCUT2D eigenvalue weighted by molar-refractivity contribution is 6.30. The molecule has 0 spiro atoms. The van der Waals surface area contributed by atoms with Crippen LogP contribution in [0.1, 0.15) is 24.1 Å². The summed E-state index contributed by atoms with van der Waals surface area (Å²) in [5, 5.41) is 0.777. The van der Waals surface area contributed by atoms with Crippen LogP contribution in [-0.2, 0) is 0 Å². The predicted octanol–water partition coefficient (Wildman–Crippen LogP) is 7.24. The van der Waals surface area contributed by atoms with E-state index in [0.29, 0.717) is 6.04 Å². The first-order valence-electron chi connectivity index (χ1n) is 10.7. The molecule has 2 nitrogen and oxygen atoms in total. The molecule has 3 aromatic carbocycles. The van der Waals surface area contributed by atoms with Crippen molar-refractivity contribution in [3.8, 4) is 11.1 Å². The van der Waals surface area contributed by atoms with Crippen LogP contribution in [0.4, 0.5) is 0 Å². The lowest BCUT2D eigenvalue weighted by Crippen LogP contribution is -2.47. The lowest BCUT2D eigenvalue weighted by molar-refractivity contribution is 0.110. The largest absolute Gasteiger partial charge is 0.297 e. The van der Waals surface area contributed by atoms with E-state index in [1.165, 1.54) is 22.3 Å². The maximum absolute atomic E-state index is 6.01. The molecule has 0 aliphatic carbocycles. The Balaban J connectivity index is 0.00000181. The molecular formula is C27H31Cl3N2. The number of hydrogen-bond acceptors (Lipinski definition) is 2. The molecule has 0 radical (unpaired) electrons. The minimum Gasteiger partial charge on any atom is -0.297 e. The highest BCUT2D eigenvalue weighted by Gasteiger charge is 2.21. The van der Waals surface area contributed by atoms with Crippen molar-refractivity contribution in [1.29, 1.82) is 0 Å². The molecule has 4 rings (SSSR count). The smallest absolute Gasteiger partial charge is 0.0406 e. The maximum atomic E-state index is 6.01. The molecule has 0 N–H and O–H groups in total. The van der Waals surface area contributed by atoms with E-state index < -0.39 is 0 Å². The fraction of sp³-hybridized carbons (Fsp3) is 0.259. The van der Waals surface area contributed by atoms with Crippen LogP contribution in [0.5, 0.6) is 0 Å². The molecule has 1 atom stereocenters. The molecule has 0 bridgehead atoms. The molecule has 1 fully saturated rings. The number of piperazine rings is 1. The van der Waals surface area contributed by atoms with Gasteiger partial charge < -0.3 is 0 Å². The van der Waals surface area contributed by atoms with Gasteiger partial charge in [-0.05, 0) is 41.3 Å². The Morgan fingerprint density at radius 2 is 1.34 bits per heavy atom. The van der Waals surface area contributed by atoms with Crippen LogP contribution in [0.25, 0.3) is 17.2 Å². The van der Waals surface area contributed by atoms with E-state index in [-0.39, 0.29) is 24.8 Å². The number of benzene rings is 3. The Hall–Kier alpha value is -1.81. The van der Waals surface area contributed by atoms with Gasteiger partial charge in [-0.1, -0.05) is 90.5 Å². The molecule has 1 aliphatic heterocycles. The van der Waals surface area contributed by atoms with Crippen molar-refractivity contribution < 1.29 is 0 Å². The van der Waals surface area contributed by atoms with Gasteiger partial charge in [-0.15, -0.1) is 24.8 Å². The molecular weight excluding hydrogens is 459 g/mol. The van der Waals surface area contributed by atoms with Crippen LogP contribution >= 0.6 is 36.4 Å². The molecule has 1 saturated heterocycles. The third kappa shape index (κ3) is 7.10. The van der Waals surface area contributed by atoms with Gasteiger partial charge in [-0.25, -0.2) is 0 Å². The summed E-state index contributed by atoms with van der Waals surface area (Å²) in [6, 6.07) is 28.0. The van der Waals surface area contributed by atoms with Crippen LogP contribution in [0.15, 0.2) is 84.9 Å². The standard InChI is InChI=1S/C27H29ClN2.2ClH/c1-22(24-9-11-25(12-10-24)26-13-15-27(28)16-14-26)30-20-18-29(19-21-30)17-5-8-23-6-3-2-4-7-23;;/h2-16,22H,17-21H2,1H3;2*1H. The summed E-state index contributed by atoms with van der Waals surface area (Å²) < 4.78 is 0. The Kier molecular flexibility index (Phi) is 10.8. The molecule has 0 aromatic heterocycles. The molecule has 0 amide bonds. The average molecular weight is 490 g/mol. The Morgan fingerprint density at radius 3 is 1.94 bits per heavy atom. The van der Waals surface area contributed by atoms with Gasteiger partial charge in [0.1, 0.15) is 0 Å². The van der Waals surface area contributed by atoms with E-state index in [4.69, 9.17) is 11.6 Å². The summed E-state index contributed by atoms with van der Waals surface area (Å²) in [5.74, 6) is 0. The van der Waals surface area contributed by atoms with Crippen molar-refractivity contribution in [2.24, 2.45) is 0 Å². The van der Waals surface area contributed by atoms with Crippen molar-refractivity contribution >= 4 is 42.5 Å². The second-order valence-corrected chi connectivity index (χ2v) is 8.39. The van der Waals surface area contributed by atoms with Crippen LogP contribution in [0, 0.1) is 0 Å². The molecule has 5 heteroatoms. The second kappa shape index (κ2) is 13.0. The van der Waals surface area contributed by atoms with Gasteiger partial charge in [0.25, 0.3) is 0 Å². The Labute approximate surface area is 209 Å². The Morgan fingerprint density at radius 1 is 0.781 bits per heavy atom. The topological polar surface area (TPSA) is 6.48 Å². The zero-order valence-electron chi connectivity index (χ0n) is 18.4. The number of hydrogen-bond donors (Lipinski definition) is 0. The quantitative estimate of drug-likeness (QED) is 0.360. The normalized spacial score (nSPS) is 15.7.